The Morgan fingerprint density at radius 1 is 1.20 bits per heavy atom. The number of anilines is 1. The summed E-state index contributed by atoms with van der Waals surface area (Å²) in [5, 5.41) is 6.37. The fourth-order valence-corrected chi connectivity index (χ4v) is 2.72. The van der Waals surface area contributed by atoms with Gasteiger partial charge in [-0.15, -0.1) is 0 Å². The number of para-hydroxylation sites is 1. The van der Waals surface area contributed by atoms with E-state index in [1.165, 1.54) is 0 Å². The number of rotatable bonds is 9. The molecule has 0 aliphatic carbocycles. The zero-order valence-corrected chi connectivity index (χ0v) is 16.8. The number of esters is 1. The van der Waals surface area contributed by atoms with Crippen molar-refractivity contribution in [3.8, 4) is 11.5 Å². The molecule has 0 saturated carbocycles. The Hall–Kier alpha value is -3.68. The standard InChI is InChI=1S/C22H23N3O5/c1-3-4-10-19(21(26)24-20-13-15(2)30-25-20)29-22(27)17-9-5-6-11-18(17)28-16-8-7-12-23-14-16/h5-9,11-14,19H,3-4,10H2,1-2H3,(H,24,25,26). The van der Waals surface area contributed by atoms with E-state index >= 15 is 0 Å². The highest BCUT2D eigenvalue weighted by Crippen LogP contribution is 2.26. The highest BCUT2D eigenvalue weighted by atomic mass is 16.6. The van der Waals surface area contributed by atoms with Gasteiger partial charge in [0, 0.05) is 12.3 Å². The third-order valence-corrected chi connectivity index (χ3v) is 4.21. The van der Waals surface area contributed by atoms with E-state index in [9.17, 15) is 9.59 Å². The van der Waals surface area contributed by atoms with Crippen LogP contribution in [0, 0.1) is 6.92 Å². The summed E-state index contributed by atoms with van der Waals surface area (Å²) in [5.41, 5.74) is 0.216. The van der Waals surface area contributed by atoms with Crippen molar-refractivity contribution >= 4 is 17.7 Å². The SMILES string of the molecule is CCCCC(OC(=O)c1ccccc1Oc1cccnc1)C(=O)Nc1cc(C)on1. The highest BCUT2D eigenvalue weighted by molar-refractivity contribution is 5.98. The summed E-state index contributed by atoms with van der Waals surface area (Å²) < 4.78 is 16.3. The number of carbonyl (C=O) groups is 2. The quantitative estimate of drug-likeness (QED) is 0.518. The molecule has 8 nitrogen and oxygen atoms in total. The van der Waals surface area contributed by atoms with Gasteiger partial charge in [0.25, 0.3) is 5.91 Å². The molecule has 1 amide bonds. The number of ether oxygens (including phenoxy) is 2. The molecule has 1 atom stereocenters. The van der Waals surface area contributed by atoms with Gasteiger partial charge in [0.15, 0.2) is 11.9 Å². The summed E-state index contributed by atoms with van der Waals surface area (Å²) in [4.78, 5) is 29.5. The van der Waals surface area contributed by atoms with Crippen molar-refractivity contribution in [3.63, 3.8) is 0 Å². The van der Waals surface area contributed by atoms with Crippen LogP contribution in [0.3, 0.4) is 0 Å². The molecule has 0 aliphatic rings. The van der Waals surface area contributed by atoms with Gasteiger partial charge in [-0.25, -0.2) is 4.79 Å². The van der Waals surface area contributed by atoms with Crippen LogP contribution in [0.2, 0.25) is 0 Å². The molecule has 0 saturated heterocycles. The fourth-order valence-electron chi connectivity index (χ4n) is 2.72. The maximum absolute atomic E-state index is 12.9. The minimum absolute atomic E-state index is 0.216. The van der Waals surface area contributed by atoms with Gasteiger partial charge in [-0.3, -0.25) is 9.78 Å². The molecule has 3 aromatic rings. The van der Waals surface area contributed by atoms with Gasteiger partial charge >= 0.3 is 5.97 Å². The predicted octanol–water partition coefficient (Wildman–Crippen LogP) is 4.52. The lowest BCUT2D eigenvalue weighted by atomic mass is 10.1. The average molecular weight is 409 g/mol. The monoisotopic (exact) mass is 409 g/mol. The zero-order chi connectivity index (χ0) is 21.3. The molecule has 2 heterocycles. The molecule has 156 valence electrons. The van der Waals surface area contributed by atoms with Gasteiger partial charge in [-0.2, -0.15) is 0 Å². The second kappa shape index (κ2) is 10.2. The molecule has 0 spiro atoms. The Morgan fingerprint density at radius 2 is 2.03 bits per heavy atom. The van der Waals surface area contributed by atoms with Crippen LogP contribution in [0.15, 0.2) is 59.4 Å². The molecule has 1 aromatic carbocycles. The Balaban J connectivity index is 1.74. The minimum Gasteiger partial charge on any atom is -0.455 e. The third-order valence-electron chi connectivity index (χ3n) is 4.21. The molecule has 0 aliphatic heterocycles. The van der Waals surface area contributed by atoms with Crippen molar-refractivity contribution in [2.24, 2.45) is 0 Å². The number of benzene rings is 1. The van der Waals surface area contributed by atoms with Crippen molar-refractivity contribution in [1.29, 1.82) is 0 Å². The van der Waals surface area contributed by atoms with E-state index in [-0.39, 0.29) is 11.4 Å². The first-order chi connectivity index (χ1) is 14.6. The first-order valence-electron chi connectivity index (χ1n) is 9.69. The normalized spacial score (nSPS) is 11.5. The van der Waals surface area contributed by atoms with Crippen LogP contribution in [-0.4, -0.2) is 28.1 Å². The highest BCUT2D eigenvalue weighted by Gasteiger charge is 2.26. The van der Waals surface area contributed by atoms with Crippen molar-refractivity contribution in [1.82, 2.24) is 10.1 Å². The van der Waals surface area contributed by atoms with E-state index in [0.29, 0.717) is 23.7 Å². The average Bonchev–Trinajstić information content (AvgIpc) is 3.16. The summed E-state index contributed by atoms with van der Waals surface area (Å²) in [5.74, 6) is 0.527. The van der Waals surface area contributed by atoms with Crippen molar-refractivity contribution < 1.29 is 23.6 Å². The van der Waals surface area contributed by atoms with Gasteiger partial charge in [-0.1, -0.05) is 30.6 Å². The van der Waals surface area contributed by atoms with Crippen LogP contribution in [0.5, 0.6) is 11.5 Å². The van der Waals surface area contributed by atoms with Crippen LogP contribution in [0.1, 0.15) is 42.3 Å². The summed E-state index contributed by atoms with van der Waals surface area (Å²) in [7, 11) is 0. The van der Waals surface area contributed by atoms with E-state index in [4.69, 9.17) is 14.0 Å². The first kappa shape index (κ1) is 21.0. The van der Waals surface area contributed by atoms with Crippen molar-refractivity contribution in [2.45, 2.75) is 39.2 Å². The number of amides is 1. The molecular formula is C22H23N3O5. The van der Waals surface area contributed by atoms with E-state index in [1.807, 2.05) is 6.92 Å². The fraction of sp³-hybridized carbons (Fsp3) is 0.273. The number of nitrogens with zero attached hydrogens (tertiary/aromatic N) is 2. The van der Waals surface area contributed by atoms with E-state index < -0.39 is 18.0 Å². The molecular weight excluding hydrogens is 386 g/mol. The number of aryl methyl sites for hydroxylation is 1. The van der Waals surface area contributed by atoms with Gasteiger partial charge in [0.2, 0.25) is 0 Å². The number of pyridine rings is 1. The Kier molecular flexibility index (Phi) is 7.15. The number of unbranched alkanes of at least 4 members (excludes halogenated alkanes) is 1. The predicted molar refractivity (Wildman–Crippen MR) is 109 cm³/mol. The third kappa shape index (κ3) is 5.66. The Bertz CT molecular complexity index is 987. The van der Waals surface area contributed by atoms with E-state index in [1.54, 1.807) is 61.8 Å². The molecule has 1 N–H and O–H groups in total. The van der Waals surface area contributed by atoms with E-state index in [2.05, 4.69) is 15.5 Å². The second-order valence-electron chi connectivity index (χ2n) is 6.64. The smallest absolute Gasteiger partial charge is 0.342 e. The summed E-state index contributed by atoms with van der Waals surface area (Å²) >= 11 is 0. The number of hydrogen-bond acceptors (Lipinski definition) is 7. The lowest BCUT2D eigenvalue weighted by Gasteiger charge is -2.18. The van der Waals surface area contributed by atoms with Gasteiger partial charge in [0.05, 0.1) is 6.20 Å². The van der Waals surface area contributed by atoms with Crippen molar-refractivity contribution in [2.75, 3.05) is 5.32 Å². The number of hydrogen-bond donors (Lipinski definition) is 1. The van der Waals surface area contributed by atoms with Crippen molar-refractivity contribution in [3.05, 3.63) is 66.2 Å². The maximum Gasteiger partial charge on any atom is 0.342 e. The van der Waals surface area contributed by atoms with Crippen LogP contribution < -0.4 is 10.1 Å². The van der Waals surface area contributed by atoms with Crippen LogP contribution in [0.4, 0.5) is 5.82 Å². The number of nitrogens with one attached hydrogen (secondary N) is 1. The molecule has 0 fully saturated rings. The molecule has 8 heteroatoms. The molecule has 0 radical (unpaired) electrons. The second-order valence-corrected chi connectivity index (χ2v) is 6.64. The Labute approximate surface area is 174 Å². The van der Waals surface area contributed by atoms with E-state index in [0.717, 1.165) is 12.8 Å². The van der Waals surface area contributed by atoms with Gasteiger partial charge < -0.3 is 19.3 Å². The summed E-state index contributed by atoms with van der Waals surface area (Å²) in [6.07, 6.45) is 4.15. The molecule has 30 heavy (non-hydrogen) atoms. The topological polar surface area (TPSA) is 104 Å². The summed E-state index contributed by atoms with van der Waals surface area (Å²) in [6, 6.07) is 11.7. The first-order valence-corrected chi connectivity index (χ1v) is 9.69. The molecule has 1 unspecified atom stereocenters. The molecule has 2 aromatic heterocycles. The maximum atomic E-state index is 12.9. The van der Waals surface area contributed by atoms with Crippen LogP contribution in [0.25, 0.3) is 0 Å². The van der Waals surface area contributed by atoms with Crippen LogP contribution >= 0.6 is 0 Å². The largest absolute Gasteiger partial charge is 0.455 e. The summed E-state index contributed by atoms with van der Waals surface area (Å²) in [6.45, 7) is 3.71. The van der Waals surface area contributed by atoms with Gasteiger partial charge in [-0.05, 0) is 44.0 Å². The van der Waals surface area contributed by atoms with Gasteiger partial charge in [0.1, 0.15) is 22.8 Å². The van der Waals surface area contributed by atoms with Crippen LogP contribution in [-0.2, 0) is 9.53 Å². The number of carbonyl (C=O) groups excluding carboxylic acids is 2. The lowest BCUT2D eigenvalue weighted by Crippen LogP contribution is -2.32. The zero-order valence-electron chi connectivity index (χ0n) is 16.8. The number of aromatic nitrogens is 2. The lowest BCUT2D eigenvalue weighted by molar-refractivity contribution is -0.125. The Morgan fingerprint density at radius 3 is 2.73 bits per heavy atom. The minimum atomic E-state index is -0.971. The molecule has 3 rings (SSSR count). The molecule has 0 bridgehead atoms.